The van der Waals surface area contributed by atoms with Crippen LogP contribution < -0.4 is 0 Å². The first kappa shape index (κ1) is 34.7. The summed E-state index contributed by atoms with van der Waals surface area (Å²) in [6.07, 6.45) is 20.1. The lowest BCUT2D eigenvalue weighted by atomic mass is 10.0. The van der Waals surface area contributed by atoms with Gasteiger partial charge in [-0.3, -0.25) is 18.3 Å². The Balaban J connectivity index is 1.55. The third-order valence-corrected chi connectivity index (χ3v) is 9.49. The normalized spacial score (nSPS) is 27.4. The standard InChI is InChI=1S/C30H59NO7P/c1-5-7-8-9-10-11-12-13-14-15-16-17-18-19-24-34-25-28(36-27(3)32)26-35-39(33)37-29-21-20-23-31(4,22-6-2)30(29)38-39/h28-30H,5-26H2,1-4H3/q+1. The minimum Gasteiger partial charge on any atom is -0.458 e. The summed E-state index contributed by atoms with van der Waals surface area (Å²) in [4.78, 5) is 11.6. The van der Waals surface area contributed by atoms with Crippen LogP contribution in [0.4, 0.5) is 0 Å². The van der Waals surface area contributed by atoms with Gasteiger partial charge in [0.25, 0.3) is 0 Å². The molecule has 0 aromatic rings. The number of fused-ring (bicyclic) bond motifs is 1. The van der Waals surface area contributed by atoms with Crippen LogP contribution in [0.5, 0.6) is 0 Å². The SMILES string of the molecule is CCCCCCCCCCCCCCCCOCC(COP1(=O)OC2CCC[N+](C)(CCC)C2O1)OC(C)=O. The first-order valence-corrected chi connectivity index (χ1v) is 17.5. The van der Waals surface area contributed by atoms with E-state index in [-0.39, 0.29) is 25.5 Å². The number of ether oxygens (including phenoxy) is 2. The molecule has 2 saturated heterocycles. The number of rotatable bonds is 23. The van der Waals surface area contributed by atoms with Crippen molar-refractivity contribution in [1.29, 1.82) is 0 Å². The van der Waals surface area contributed by atoms with Crippen LogP contribution in [0, 0.1) is 0 Å². The lowest BCUT2D eigenvalue weighted by Gasteiger charge is -2.43. The van der Waals surface area contributed by atoms with Gasteiger partial charge in [0, 0.05) is 13.5 Å². The molecule has 2 aliphatic heterocycles. The summed E-state index contributed by atoms with van der Waals surface area (Å²) < 4.78 is 42.4. The van der Waals surface area contributed by atoms with E-state index >= 15 is 0 Å². The van der Waals surface area contributed by atoms with E-state index in [9.17, 15) is 9.36 Å². The fourth-order valence-electron chi connectivity index (χ4n) is 5.88. The number of quaternary nitrogens is 1. The Bertz CT molecular complexity index is 705. The van der Waals surface area contributed by atoms with Gasteiger partial charge in [0.2, 0.25) is 6.23 Å². The smallest absolute Gasteiger partial charge is 0.458 e. The molecule has 0 aromatic heterocycles. The zero-order valence-electron chi connectivity index (χ0n) is 25.5. The topological polar surface area (TPSA) is 80.3 Å². The molecule has 0 amide bonds. The summed E-state index contributed by atoms with van der Waals surface area (Å²) in [5.41, 5.74) is 0. The van der Waals surface area contributed by atoms with Crippen molar-refractivity contribution in [3.8, 4) is 0 Å². The van der Waals surface area contributed by atoms with Crippen molar-refractivity contribution >= 4 is 13.8 Å². The number of hydrogen-bond acceptors (Lipinski definition) is 7. The molecule has 0 aliphatic carbocycles. The Kier molecular flexibility index (Phi) is 17.4. The van der Waals surface area contributed by atoms with Gasteiger partial charge in [-0.25, -0.2) is 9.09 Å². The maximum Gasteiger partial charge on any atom is 0.480 e. The molecule has 0 spiro atoms. The molecule has 2 aliphatic rings. The molecule has 0 bridgehead atoms. The molecule has 0 N–H and O–H groups in total. The first-order valence-electron chi connectivity index (χ1n) is 16.0. The Labute approximate surface area is 239 Å². The number of esters is 1. The first-order chi connectivity index (χ1) is 18.8. The molecule has 0 saturated carbocycles. The number of hydrogen-bond donors (Lipinski definition) is 0. The number of likely N-dealkylation sites (tertiary alicyclic amines) is 1. The minimum atomic E-state index is -3.71. The highest BCUT2D eigenvalue weighted by atomic mass is 31.2. The molecule has 2 rings (SSSR count). The lowest BCUT2D eigenvalue weighted by Crippen LogP contribution is -2.59. The molecule has 5 unspecified atom stereocenters. The third-order valence-electron chi connectivity index (χ3n) is 8.02. The van der Waals surface area contributed by atoms with Crippen LogP contribution in [-0.2, 0) is 32.4 Å². The van der Waals surface area contributed by atoms with Crippen LogP contribution in [0.25, 0.3) is 0 Å². The minimum absolute atomic E-state index is 0.0769. The van der Waals surface area contributed by atoms with Gasteiger partial charge in [-0.2, -0.15) is 0 Å². The van der Waals surface area contributed by atoms with E-state index in [0.717, 1.165) is 45.2 Å². The molecule has 2 fully saturated rings. The predicted octanol–water partition coefficient (Wildman–Crippen LogP) is 7.93. The third kappa shape index (κ3) is 13.8. The van der Waals surface area contributed by atoms with Crippen molar-refractivity contribution in [3.63, 3.8) is 0 Å². The van der Waals surface area contributed by atoms with E-state index < -0.39 is 19.9 Å². The van der Waals surface area contributed by atoms with Crippen molar-refractivity contribution in [2.75, 3.05) is 40.0 Å². The van der Waals surface area contributed by atoms with Gasteiger partial charge in [0.05, 0.1) is 33.4 Å². The number of carbonyl (C=O) groups is 1. The number of carbonyl (C=O) groups excluding carboxylic acids is 1. The molecule has 9 heteroatoms. The second-order valence-electron chi connectivity index (χ2n) is 11.9. The molecule has 0 aromatic carbocycles. The molecule has 2 heterocycles. The molecular weight excluding hydrogens is 517 g/mol. The van der Waals surface area contributed by atoms with Crippen molar-refractivity contribution < 1.29 is 36.9 Å². The number of nitrogens with zero attached hydrogens (tertiary/aromatic N) is 1. The quantitative estimate of drug-likeness (QED) is 0.0529. The highest BCUT2D eigenvalue weighted by Crippen LogP contribution is 2.60. The van der Waals surface area contributed by atoms with Gasteiger partial charge >= 0.3 is 13.8 Å². The van der Waals surface area contributed by atoms with Crippen LogP contribution in [0.1, 0.15) is 130 Å². The zero-order chi connectivity index (χ0) is 28.4. The summed E-state index contributed by atoms with van der Waals surface area (Å²) in [7, 11) is -1.58. The fourth-order valence-corrected chi connectivity index (χ4v) is 7.57. The summed E-state index contributed by atoms with van der Waals surface area (Å²) in [6.45, 7) is 8.41. The number of piperidine rings is 1. The van der Waals surface area contributed by atoms with Crippen molar-refractivity contribution in [3.05, 3.63) is 0 Å². The van der Waals surface area contributed by atoms with Gasteiger partial charge in [-0.1, -0.05) is 97.3 Å². The Morgan fingerprint density at radius 2 is 1.46 bits per heavy atom. The highest BCUT2D eigenvalue weighted by molar-refractivity contribution is 7.48. The second-order valence-corrected chi connectivity index (χ2v) is 13.4. The van der Waals surface area contributed by atoms with Crippen LogP contribution in [0.2, 0.25) is 0 Å². The molecule has 0 radical (unpaired) electrons. The molecular formula is C30H59NO7P+. The predicted molar refractivity (Wildman–Crippen MR) is 155 cm³/mol. The average Bonchev–Trinajstić information content (AvgIpc) is 3.25. The van der Waals surface area contributed by atoms with Gasteiger partial charge in [0.1, 0.15) is 12.2 Å². The van der Waals surface area contributed by atoms with Gasteiger partial charge in [0.15, 0.2) is 0 Å². The van der Waals surface area contributed by atoms with Gasteiger partial charge in [-0.05, 0) is 25.7 Å². The number of unbranched alkanes of at least 4 members (excludes halogenated alkanes) is 13. The average molecular weight is 577 g/mol. The van der Waals surface area contributed by atoms with Crippen LogP contribution in [0.3, 0.4) is 0 Å². The van der Waals surface area contributed by atoms with E-state index in [2.05, 4.69) is 20.9 Å². The Hall–Kier alpha value is -0.500. The summed E-state index contributed by atoms with van der Waals surface area (Å²) in [5.74, 6) is -0.420. The van der Waals surface area contributed by atoms with Gasteiger partial charge < -0.3 is 9.47 Å². The number of likely N-dealkylation sites (N-methyl/N-ethyl adjacent to an activating group) is 1. The molecule has 5 atom stereocenters. The van der Waals surface area contributed by atoms with E-state index in [1.54, 1.807) is 0 Å². The monoisotopic (exact) mass is 576 g/mol. The molecule has 39 heavy (non-hydrogen) atoms. The maximum atomic E-state index is 13.2. The summed E-state index contributed by atoms with van der Waals surface area (Å²) in [5, 5.41) is 0. The van der Waals surface area contributed by atoms with Crippen molar-refractivity contribution in [1.82, 2.24) is 0 Å². The van der Waals surface area contributed by atoms with Crippen LogP contribution in [0.15, 0.2) is 0 Å². The van der Waals surface area contributed by atoms with Crippen molar-refractivity contribution in [2.24, 2.45) is 0 Å². The Morgan fingerprint density at radius 3 is 2.03 bits per heavy atom. The van der Waals surface area contributed by atoms with Crippen molar-refractivity contribution in [2.45, 2.75) is 148 Å². The zero-order valence-corrected chi connectivity index (χ0v) is 26.4. The second kappa shape index (κ2) is 19.6. The summed E-state index contributed by atoms with van der Waals surface area (Å²) in [6, 6.07) is 0. The number of phosphoric ester groups is 1. The van der Waals surface area contributed by atoms with E-state index in [1.807, 2.05) is 0 Å². The van der Waals surface area contributed by atoms with E-state index in [4.69, 9.17) is 23.0 Å². The lowest BCUT2D eigenvalue weighted by molar-refractivity contribution is -0.957. The van der Waals surface area contributed by atoms with Gasteiger partial charge in [-0.15, -0.1) is 0 Å². The highest BCUT2D eigenvalue weighted by Gasteiger charge is 2.56. The molecule has 8 nitrogen and oxygen atoms in total. The fraction of sp³-hybridized carbons (Fsp3) is 0.967. The van der Waals surface area contributed by atoms with Crippen LogP contribution >= 0.6 is 7.82 Å². The largest absolute Gasteiger partial charge is 0.480 e. The number of phosphoric acid groups is 1. The Morgan fingerprint density at radius 1 is 0.872 bits per heavy atom. The summed E-state index contributed by atoms with van der Waals surface area (Å²) >= 11 is 0. The maximum absolute atomic E-state index is 13.2. The van der Waals surface area contributed by atoms with Crippen LogP contribution in [-0.4, -0.2) is 68.8 Å². The molecule has 230 valence electrons. The van der Waals surface area contributed by atoms with E-state index in [0.29, 0.717) is 11.1 Å². The van der Waals surface area contributed by atoms with E-state index in [1.165, 1.54) is 84.0 Å².